The standard InChI is InChI=1S/C14H24N2O3S/c1-3-13-12(7-8-19-13)14(16-15)10-5-4-6-11(9-10)20(2,17)18/h7-8,10-11,14,16H,3-6,9,15H2,1-2H3. The Morgan fingerprint density at radius 1 is 1.50 bits per heavy atom. The van der Waals surface area contributed by atoms with Crippen LogP contribution in [-0.4, -0.2) is 19.9 Å². The average molecular weight is 300 g/mol. The van der Waals surface area contributed by atoms with Gasteiger partial charge in [0.1, 0.15) is 15.6 Å². The first-order valence-corrected chi connectivity index (χ1v) is 9.14. The lowest BCUT2D eigenvalue weighted by molar-refractivity contribution is 0.272. The highest BCUT2D eigenvalue weighted by Gasteiger charge is 2.34. The third-order valence-corrected chi connectivity index (χ3v) is 6.00. The summed E-state index contributed by atoms with van der Waals surface area (Å²) >= 11 is 0. The maximum absolute atomic E-state index is 11.8. The van der Waals surface area contributed by atoms with E-state index in [1.165, 1.54) is 6.26 Å². The van der Waals surface area contributed by atoms with E-state index >= 15 is 0 Å². The number of hydrazine groups is 1. The van der Waals surface area contributed by atoms with Crippen molar-refractivity contribution >= 4 is 9.84 Å². The van der Waals surface area contributed by atoms with Gasteiger partial charge >= 0.3 is 0 Å². The van der Waals surface area contributed by atoms with Gasteiger partial charge in [0.2, 0.25) is 0 Å². The van der Waals surface area contributed by atoms with Crippen molar-refractivity contribution in [3.63, 3.8) is 0 Å². The molecular weight excluding hydrogens is 276 g/mol. The third kappa shape index (κ3) is 3.24. The van der Waals surface area contributed by atoms with Gasteiger partial charge in [-0.15, -0.1) is 0 Å². The number of hydrogen-bond acceptors (Lipinski definition) is 5. The highest BCUT2D eigenvalue weighted by atomic mass is 32.2. The second-order valence-electron chi connectivity index (χ2n) is 5.68. The molecule has 3 atom stereocenters. The van der Waals surface area contributed by atoms with Crippen LogP contribution in [0.1, 0.15) is 50.0 Å². The molecule has 0 aliphatic heterocycles. The molecule has 2 rings (SSSR count). The second-order valence-corrected chi connectivity index (χ2v) is 8.00. The van der Waals surface area contributed by atoms with E-state index in [-0.39, 0.29) is 17.2 Å². The minimum atomic E-state index is -2.98. The molecule has 1 saturated carbocycles. The molecule has 0 spiro atoms. The van der Waals surface area contributed by atoms with Crippen LogP contribution in [0.3, 0.4) is 0 Å². The maximum atomic E-state index is 11.8. The van der Waals surface area contributed by atoms with Crippen molar-refractivity contribution in [1.82, 2.24) is 5.43 Å². The van der Waals surface area contributed by atoms with Gasteiger partial charge in [-0.25, -0.2) is 8.42 Å². The van der Waals surface area contributed by atoms with Gasteiger partial charge in [0.05, 0.1) is 17.6 Å². The Morgan fingerprint density at radius 3 is 2.85 bits per heavy atom. The molecule has 114 valence electrons. The van der Waals surface area contributed by atoms with Crippen molar-refractivity contribution in [2.45, 2.75) is 50.3 Å². The van der Waals surface area contributed by atoms with Crippen LogP contribution in [0.2, 0.25) is 0 Å². The number of sulfone groups is 1. The summed E-state index contributed by atoms with van der Waals surface area (Å²) in [7, 11) is -2.98. The summed E-state index contributed by atoms with van der Waals surface area (Å²) in [4.78, 5) is 0. The van der Waals surface area contributed by atoms with Gasteiger partial charge in [-0.05, 0) is 31.2 Å². The van der Waals surface area contributed by atoms with E-state index in [1.54, 1.807) is 6.26 Å². The molecule has 1 fully saturated rings. The molecule has 0 saturated heterocycles. The lowest BCUT2D eigenvalue weighted by Gasteiger charge is -2.33. The molecule has 1 heterocycles. The number of nitrogens with two attached hydrogens (primary N) is 1. The largest absolute Gasteiger partial charge is 0.469 e. The van der Waals surface area contributed by atoms with Crippen molar-refractivity contribution in [2.24, 2.45) is 11.8 Å². The predicted molar refractivity (Wildman–Crippen MR) is 78.7 cm³/mol. The summed E-state index contributed by atoms with van der Waals surface area (Å²) in [6.07, 6.45) is 7.17. The minimum absolute atomic E-state index is 0.0340. The Morgan fingerprint density at radius 2 is 2.25 bits per heavy atom. The summed E-state index contributed by atoms with van der Waals surface area (Å²) in [5.41, 5.74) is 3.93. The monoisotopic (exact) mass is 300 g/mol. The SMILES string of the molecule is CCc1occc1C(NN)C1CCCC(S(C)(=O)=O)C1. The molecule has 1 aromatic rings. The Hall–Kier alpha value is -0.850. The van der Waals surface area contributed by atoms with E-state index in [0.717, 1.165) is 37.0 Å². The maximum Gasteiger partial charge on any atom is 0.150 e. The fourth-order valence-corrected chi connectivity index (χ4v) is 4.46. The first kappa shape index (κ1) is 15.5. The van der Waals surface area contributed by atoms with Gasteiger partial charge in [0.15, 0.2) is 0 Å². The van der Waals surface area contributed by atoms with Crippen LogP contribution < -0.4 is 11.3 Å². The van der Waals surface area contributed by atoms with E-state index in [9.17, 15) is 8.42 Å². The van der Waals surface area contributed by atoms with Crippen LogP contribution in [0.25, 0.3) is 0 Å². The Kier molecular flexibility index (Phi) is 4.88. The second kappa shape index (κ2) is 6.28. The smallest absolute Gasteiger partial charge is 0.150 e. The van der Waals surface area contributed by atoms with Crippen LogP contribution in [0, 0.1) is 5.92 Å². The summed E-state index contributed by atoms with van der Waals surface area (Å²) in [6.45, 7) is 2.04. The lowest BCUT2D eigenvalue weighted by Crippen LogP contribution is -2.38. The van der Waals surface area contributed by atoms with E-state index in [4.69, 9.17) is 10.3 Å². The van der Waals surface area contributed by atoms with Crippen molar-refractivity contribution in [1.29, 1.82) is 0 Å². The van der Waals surface area contributed by atoms with Crippen LogP contribution in [0.5, 0.6) is 0 Å². The highest BCUT2D eigenvalue weighted by Crippen LogP contribution is 2.37. The van der Waals surface area contributed by atoms with E-state index in [0.29, 0.717) is 6.42 Å². The number of furan rings is 1. The van der Waals surface area contributed by atoms with Gasteiger partial charge in [-0.2, -0.15) is 0 Å². The molecule has 1 aliphatic carbocycles. The molecule has 0 amide bonds. The molecular formula is C14H24N2O3S. The lowest BCUT2D eigenvalue weighted by atomic mass is 9.81. The Balaban J connectivity index is 2.19. The van der Waals surface area contributed by atoms with Crippen LogP contribution >= 0.6 is 0 Å². The zero-order chi connectivity index (χ0) is 14.8. The van der Waals surface area contributed by atoms with Crippen LogP contribution in [0.15, 0.2) is 16.7 Å². The molecule has 3 N–H and O–H groups in total. The molecule has 6 heteroatoms. The Bertz CT molecular complexity index is 538. The van der Waals surface area contributed by atoms with Gasteiger partial charge < -0.3 is 4.42 Å². The summed E-state index contributed by atoms with van der Waals surface area (Å²) < 4.78 is 29.0. The zero-order valence-electron chi connectivity index (χ0n) is 12.1. The van der Waals surface area contributed by atoms with Crippen LogP contribution in [-0.2, 0) is 16.3 Å². The molecule has 0 bridgehead atoms. The summed E-state index contributed by atoms with van der Waals surface area (Å²) in [5, 5.41) is -0.242. The Labute approximate surface area is 120 Å². The molecule has 3 unspecified atom stereocenters. The normalized spacial score (nSPS) is 25.6. The summed E-state index contributed by atoms with van der Waals surface area (Å²) in [5.74, 6) is 6.89. The molecule has 1 aliphatic rings. The fraction of sp³-hybridized carbons (Fsp3) is 0.714. The molecule has 5 nitrogen and oxygen atoms in total. The third-order valence-electron chi connectivity index (χ3n) is 4.36. The quantitative estimate of drug-likeness (QED) is 0.641. The van der Waals surface area contributed by atoms with Gasteiger partial charge in [-0.3, -0.25) is 11.3 Å². The fourth-order valence-electron chi connectivity index (χ4n) is 3.27. The van der Waals surface area contributed by atoms with E-state index < -0.39 is 9.84 Å². The van der Waals surface area contributed by atoms with Crippen molar-refractivity contribution < 1.29 is 12.8 Å². The molecule has 20 heavy (non-hydrogen) atoms. The van der Waals surface area contributed by atoms with Gasteiger partial charge in [0, 0.05) is 18.2 Å². The number of hydrogen-bond donors (Lipinski definition) is 2. The first-order chi connectivity index (χ1) is 9.47. The van der Waals surface area contributed by atoms with Gasteiger partial charge in [-0.1, -0.05) is 13.3 Å². The van der Waals surface area contributed by atoms with Gasteiger partial charge in [0.25, 0.3) is 0 Å². The summed E-state index contributed by atoms with van der Waals surface area (Å²) in [6, 6.07) is 1.90. The first-order valence-electron chi connectivity index (χ1n) is 7.18. The number of aryl methyl sites for hydroxylation is 1. The van der Waals surface area contributed by atoms with Crippen molar-refractivity contribution in [3.8, 4) is 0 Å². The predicted octanol–water partition coefficient (Wildman–Crippen LogP) is 1.95. The van der Waals surface area contributed by atoms with E-state index in [1.807, 2.05) is 13.0 Å². The number of nitrogens with one attached hydrogen (secondary N) is 1. The zero-order valence-corrected chi connectivity index (χ0v) is 12.9. The van der Waals surface area contributed by atoms with E-state index in [2.05, 4.69) is 5.43 Å². The van der Waals surface area contributed by atoms with Crippen LogP contribution in [0.4, 0.5) is 0 Å². The minimum Gasteiger partial charge on any atom is -0.469 e. The average Bonchev–Trinajstić information content (AvgIpc) is 2.87. The molecule has 1 aromatic heterocycles. The molecule has 0 aromatic carbocycles. The topological polar surface area (TPSA) is 85.3 Å². The van der Waals surface area contributed by atoms with Crippen molar-refractivity contribution in [2.75, 3.05) is 6.26 Å². The van der Waals surface area contributed by atoms with Crippen molar-refractivity contribution in [3.05, 3.63) is 23.7 Å². The highest BCUT2D eigenvalue weighted by molar-refractivity contribution is 7.91. The number of rotatable bonds is 5. The molecule has 0 radical (unpaired) electrons.